The van der Waals surface area contributed by atoms with Crippen LogP contribution in [0.4, 0.5) is 0 Å². The highest BCUT2D eigenvalue weighted by atomic mass is 15.1. The third kappa shape index (κ3) is 4.15. The Morgan fingerprint density at radius 1 is 0.865 bits per heavy atom. The van der Waals surface area contributed by atoms with Crippen molar-refractivity contribution in [2.75, 3.05) is 13.1 Å². The lowest BCUT2D eigenvalue weighted by atomic mass is 10.1. The quantitative estimate of drug-likeness (QED) is 0.329. The molecule has 8 nitrogen and oxygen atoms in total. The van der Waals surface area contributed by atoms with Crippen molar-refractivity contribution < 1.29 is 0 Å². The van der Waals surface area contributed by atoms with Crippen LogP contribution in [0.1, 0.15) is 24.8 Å². The number of nitrogens with zero attached hydrogens (tertiary/aromatic N) is 6. The zero-order valence-corrected chi connectivity index (χ0v) is 20.4. The average molecular weight is 487 g/mol. The molecule has 6 aromatic rings. The fourth-order valence-electron chi connectivity index (χ4n) is 5.24. The highest BCUT2D eigenvalue weighted by Gasteiger charge is 2.17. The van der Waals surface area contributed by atoms with Gasteiger partial charge in [-0.3, -0.25) is 20.0 Å². The molecule has 0 unspecified atom stereocenters. The Kier molecular flexibility index (Phi) is 5.44. The molecule has 0 spiro atoms. The van der Waals surface area contributed by atoms with Crippen molar-refractivity contribution in [2.24, 2.45) is 0 Å². The number of nitrogens with one attached hydrogen (secondary N) is 2. The van der Waals surface area contributed by atoms with E-state index in [1.807, 2.05) is 48.8 Å². The van der Waals surface area contributed by atoms with Gasteiger partial charge in [0.15, 0.2) is 0 Å². The number of H-pyrrole nitrogens is 2. The first kappa shape index (κ1) is 21.8. The molecule has 7 rings (SSSR count). The van der Waals surface area contributed by atoms with Crippen molar-refractivity contribution in [3.8, 4) is 33.9 Å². The largest absolute Gasteiger partial charge is 0.338 e. The van der Waals surface area contributed by atoms with Gasteiger partial charge in [0.25, 0.3) is 0 Å². The van der Waals surface area contributed by atoms with E-state index in [0.717, 1.165) is 75.6 Å². The van der Waals surface area contributed by atoms with Crippen molar-refractivity contribution >= 4 is 22.1 Å². The highest BCUT2D eigenvalue weighted by molar-refractivity contribution is 5.98. The van der Waals surface area contributed by atoms with E-state index in [0.29, 0.717) is 0 Å². The number of aromatic amines is 2. The lowest BCUT2D eigenvalue weighted by molar-refractivity contribution is 0.220. The van der Waals surface area contributed by atoms with Crippen LogP contribution in [0.15, 0.2) is 73.3 Å². The standard InChI is InChI=1S/C29H26N8/c1-4-12-37(13-5-1)18-19-14-20(17-30-16-19)23-7-8-25-27(33-23)28(36-35-25)26-15-22-21(9-11-32-29(22)34-26)24-6-2-3-10-31-24/h2-3,6-11,14-17H,1,4-5,12-13,18H2,(H,32,34)(H,35,36). The predicted octanol–water partition coefficient (Wildman–Crippen LogP) is 5.61. The third-order valence-electron chi connectivity index (χ3n) is 7.08. The number of rotatable bonds is 5. The Balaban J connectivity index is 1.26. The van der Waals surface area contributed by atoms with Crippen LogP contribution < -0.4 is 0 Å². The number of piperidine rings is 1. The molecule has 6 aromatic heterocycles. The molecular weight excluding hydrogens is 460 g/mol. The van der Waals surface area contributed by atoms with Crippen LogP contribution in [0.3, 0.4) is 0 Å². The normalized spacial score (nSPS) is 14.5. The Bertz CT molecular complexity index is 1700. The van der Waals surface area contributed by atoms with Gasteiger partial charge in [-0.2, -0.15) is 5.10 Å². The summed E-state index contributed by atoms with van der Waals surface area (Å²) in [6.45, 7) is 3.25. The highest BCUT2D eigenvalue weighted by Crippen LogP contribution is 2.32. The molecule has 1 saturated heterocycles. The SMILES string of the molecule is c1ccc(-c2ccnc3[nH]c(-c4n[nH]c5ccc(-c6cncc(CN7CCCCC7)c6)nc45)cc23)nc1. The van der Waals surface area contributed by atoms with Crippen LogP contribution in [-0.2, 0) is 6.54 Å². The van der Waals surface area contributed by atoms with Gasteiger partial charge in [0, 0.05) is 47.8 Å². The smallest absolute Gasteiger partial charge is 0.138 e. The maximum atomic E-state index is 5.02. The second kappa shape index (κ2) is 9.22. The first-order chi connectivity index (χ1) is 18.3. The summed E-state index contributed by atoms with van der Waals surface area (Å²) in [4.78, 5) is 24.6. The Morgan fingerprint density at radius 3 is 2.70 bits per heavy atom. The summed E-state index contributed by atoms with van der Waals surface area (Å²) in [6.07, 6.45) is 11.4. The lowest BCUT2D eigenvalue weighted by Crippen LogP contribution is -2.29. The molecule has 0 bridgehead atoms. The molecule has 0 aliphatic carbocycles. The minimum Gasteiger partial charge on any atom is -0.338 e. The second-order valence-corrected chi connectivity index (χ2v) is 9.60. The van der Waals surface area contributed by atoms with E-state index in [1.165, 1.54) is 24.8 Å². The molecule has 0 saturated carbocycles. The van der Waals surface area contributed by atoms with Gasteiger partial charge in [-0.25, -0.2) is 9.97 Å². The molecule has 0 aromatic carbocycles. The summed E-state index contributed by atoms with van der Waals surface area (Å²) in [5, 5.41) is 8.74. The van der Waals surface area contributed by atoms with E-state index >= 15 is 0 Å². The molecule has 2 N–H and O–H groups in total. The van der Waals surface area contributed by atoms with Crippen LogP contribution in [-0.4, -0.2) is 53.1 Å². The minimum atomic E-state index is 0.763. The number of hydrogen-bond acceptors (Lipinski definition) is 6. The molecule has 37 heavy (non-hydrogen) atoms. The molecule has 1 aliphatic rings. The lowest BCUT2D eigenvalue weighted by Gasteiger charge is -2.26. The summed E-state index contributed by atoms with van der Waals surface area (Å²) >= 11 is 0. The zero-order chi connectivity index (χ0) is 24.6. The number of pyridine rings is 4. The molecular formula is C29H26N8. The summed E-state index contributed by atoms with van der Waals surface area (Å²) < 4.78 is 0. The van der Waals surface area contributed by atoms with Crippen molar-refractivity contribution in [3.63, 3.8) is 0 Å². The van der Waals surface area contributed by atoms with Gasteiger partial charge in [-0.15, -0.1) is 0 Å². The Hall–Kier alpha value is -4.43. The maximum absolute atomic E-state index is 5.02. The molecule has 8 heteroatoms. The number of fused-ring (bicyclic) bond motifs is 2. The first-order valence-corrected chi connectivity index (χ1v) is 12.7. The van der Waals surface area contributed by atoms with Gasteiger partial charge in [-0.1, -0.05) is 12.5 Å². The molecule has 1 aliphatic heterocycles. The van der Waals surface area contributed by atoms with Crippen molar-refractivity contribution in [1.29, 1.82) is 0 Å². The zero-order valence-electron chi connectivity index (χ0n) is 20.4. The van der Waals surface area contributed by atoms with Crippen LogP contribution in [0.5, 0.6) is 0 Å². The van der Waals surface area contributed by atoms with Crippen molar-refractivity contribution in [2.45, 2.75) is 25.8 Å². The fourth-order valence-corrected chi connectivity index (χ4v) is 5.24. The third-order valence-corrected chi connectivity index (χ3v) is 7.08. The van der Waals surface area contributed by atoms with Gasteiger partial charge in [0.05, 0.1) is 22.6 Å². The molecule has 7 heterocycles. The van der Waals surface area contributed by atoms with Gasteiger partial charge >= 0.3 is 0 Å². The van der Waals surface area contributed by atoms with Crippen LogP contribution in [0.2, 0.25) is 0 Å². The molecule has 0 radical (unpaired) electrons. The molecule has 182 valence electrons. The summed E-state index contributed by atoms with van der Waals surface area (Å²) in [5.74, 6) is 0. The topological polar surface area (TPSA) is 99.3 Å². The first-order valence-electron chi connectivity index (χ1n) is 12.7. The van der Waals surface area contributed by atoms with E-state index < -0.39 is 0 Å². The van der Waals surface area contributed by atoms with E-state index in [-0.39, 0.29) is 0 Å². The number of hydrogen-bond donors (Lipinski definition) is 2. The molecule has 0 atom stereocenters. The molecule has 1 fully saturated rings. The van der Waals surface area contributed by atoms with Gasteiger partial charge in [0.1, 0.15) is 16.9 Å². The van der Waals surface area contributed by atoms with E-state index in [4.69, 9.17) is 4.98 Å². The average Bonchev–Trinajstić information content (AvgIpc) is 3.58. The fraction of sp³-hybridized carbons (Fsp3) is 0.207. The van der Waals surface area contributed by atoms with Gasteiger partial charge in [0.2, 0.25) is 0 Å². The maximum Gasteiger partial charge on any atom is 0.138 e. The Labute approximate surface area is 213 Å². The monoisotopic (exact) mass is 486 g/mol. The van der Waals surface area contributed by atoms with Crippen LogP contribution in [0.25, 0.3) is 56.0 Å². The van der Waals surface area contributed by atoms with Gasteiger partial charge < -0.3 is 4.98 Å². The second-order valence-electron chi connectivity index (χ2n) is 9.60. The van der Waals surface area contributed by atoms with Crippen molar-refractivity contribution in [1.82, 2.24) is 40.0 Å². The Morgan fingerprint density at radius 2 is 1.81 bits per heavy atom. The predicted molar refractivity (Wildman–Crippen MR) is 145 cm³/mol. The van der Waals surface area contributed by atoms with Crippen LogP contribution in [0, 0.1) is 0 Å². The van der Waals surface area contributed by atoms with E-state index in [1.54, 1.807) is 12.4 Å². The summed E-state index contributed by atoms with van der Waals surface area (Å²) in [7, 11) is 0. The summed E-state index contributed by atoms with van der Waals surface area (Å²) in [6, 6.07) is 16.3. The minimum absolute atomic E-state index is 0.763. The number of aromatic nitrogens is 7. The van der Waals surface area contributed by atoms with E-state index in [2.05, 4.69) is 47.2 Å². The van der Waals surface area contributed by atoms with Gasteiger partial charge in [-0.05, 0) is 74.0 Å². The van der Waals surface area contributed by atoms with Crippen molar-refractivity contribution in [3.05, 3.63) is 78.9 Å². The molecule has 0 amide bonds. The summed E-state index contributed by atoms with van der Waals surface area (Å²) in [5.41, 5.74) is 9.15. The van der Waals surface area contributed by atoms with Crippen LogP contribution >= 0.6 is 0 Å². The number of likely N-dealkylation sites (tertiary alicyclic amines) is 1. The van der Waals surface area contributed by atoms with E-state index in [9.17, 15) is 0 Å².